The van der Waals surface area contributed by atoms with Crippen molar-refractivity contribution in [2.24, 2.45) is 5.92 Å². The molecule has 7 nitrogen and oxygen atoms in total. The molecule has 2 aromatic rings. The van der Waals surface area contributed by atoms with Crippen molar-refractivity contribution in [1.82, 2.24) is 15.3 Å². The first-order valence-corrected chi connectivity index (χ1v) is 12.2. The summed E-state index contributed by atoms with van der Waals surface area (Å²) in [5.74, 6) is -3.90. The highest BCUT2D eigenvalue weighted by Crippen LogP contribution is 2.48. The third-order valence-corrected chi connectivity index (χ3v) is 7.70. The lowest BCUT2D eigenvalue weighted by molar-refractivity contribution is -0.153. The molecule has 1 saturated heterocycles. The minimum absolute atomic E-state index is 0.0703. The van der Waals surface area contributed by atoms with Gasteiger partial charge in [0.1, 0.15) is 11.7 Å². The lowest BCUT2D eigenvalue weighted by Gasteiger charge is -2.47. The lowest BCUT2D eigenvalue weighted by atomic mass is 9.74. The highest BCUT2D eigenvalue weighted by Gasteiger charge is 2.56. The van der Waals surface area contributed by atoms with Crippen LogP contribution in [0.4, 0.5) is 27.6 Å². The molecule has 1 saturated carbocycles. The number of rotatable bonds is 3. The molecule has 12 heteroatoms. The van der Waals surface area contributed by atoms with E-state index in [9.17, 15) is 31.9 Å². The summed E-state index contributed by atoms with van der Waals surface area (Å²) in [7, 11) is 0. The van der Waals surface area contributed by atoms with Crippen LogP contribution < -0.4 is 10.2 Å². The molecule has 0 spiro atoms. The molecule has 2 aliphatic heterocycles. The second kappa shape index (κ2) is 9.46. The van der Waals surface area contributed by atoms with E-state index in [1.807, 2.05) is 0 Å². The zero-order valence-electron chi connectivity index (χ0n) is 20.0. The van der Waals surface area contributed by atoms with Crippen molar-refractivity contribution in [2.75, 3.05) is 24.7 Å². The van der Waals surface area contributed by atoms with E-state index in [4.69, 9.17) is 4.74 Å². The summed E-state index contributed by atoms with van der Waals surface area (Å²) in [6, 6.07) is 2.17. The van der Waals surface area contributed by atoms with E-state index >= 15 is 0 Å². The van der Waals surface area contributed by atoms with Gasteiger partial charge >= 0.3 is 12.1 Å². The summed E-state index contributed by atoms with van der Waals surface area (Å²) in [6.45, 7) is 2.38. The van der Waals surface area contributed by atoms with E-state index in [1.54, 1.807) is 11.0 Å². The maximum Gasteiger partial charge on any atom is 0.433 e. The van der Waals surface area contributed by atoms with Crippen molar-refractivity contribution in [2.45, 2.75) is 62.4 Å². The fourth-order valence-corrected chi connectivity index (χ4v) is 5.61. The number of nitrogens with zero attached hydrogens (tertiary/aromatic N) is 3. The van der Waals surface area contributed by atoms with Gasteiger partial charge in [-0.15, -0.1) is 0 Å². The maximum absolute atomic E-state index is 14.8. The minimum atomic E-state index is -4.65. The molecule has 2 aromatic heterocycles. The first-order chi connectivity index (χ1) is 17.5. The van der Waals surface area contributed by atoms with Crippen LogP contribution in [-0.2, 0) is 10.9 Å². The number of ether oxygens (including phenoxy) is 1. The van der Waals surface area contributed by atoms with Gasteiger partial charge in [0.25, 0.3) is 5.91 Å². The molecule has 5 atom stereocenters. The Morgan fingerprint density at radius 2 is 2.03 bits per heavy atom. The van der Waals surface area contributed by atoms with Crippen LogP contribution in [0.1, 0.15) is 65.5 Å². The van der Waals surface area contributed by atoms with E-state index in [1.165, 1.54) is 12.3 Å². The number of nitrogens with one attached hydrogen (secondary N) is 1. The highest BCUT2D eigenvalue weighted by atomic mass is 19.4. The second-order valence-electron chi connectivity index (χ2n) is 10.0. The molecule has 0 bridgehead atoms. The number of alkyl halides is 5. The number of carbonyl (C=O) groups excluding carboxylic acids is 1. The fraction of sp³-hybridized carbons (Fsp3) is 0.560. The molecule has 1 amide bonds. The van der Waals surface area contributed by atoms with E-state index in [-0.39, 0.29) is 48.9 Å². The number of anilines is 1. The molecule has 0 aromatic carbocycles. The van der Waals surface area contributed by atoms with Gasteiger partial charge in [-0.3, -0.25) is 14.8 Å². The number of aliphatic hydroxyl groups excluding tert-OH is 1. The van der Waals surface area contributed by atoms with Crippen LogP contribution in [-0.4, -0.2) is 58.7 Å². The number of aliphatic hydroxyl groups is 1. The summed E-state index contributed by atoms with van der Waals surface area (Å²) in [5, 5.41) is 13.2. The Labute approximate surface area is 210 Å². The van der Waals surface area contributed by atoms with Gasteiger partial charge in [-0.2, -0.15) is 13.2 Å². The number of hydrogen-bond acceptors (Lipinski definition) is 6. The van der Waals surface area contributed by atoms with Crippen LogP contribution >= 0.6 is 0 Å². The van der Waals surface area contributed by atoms with Crippen LogP contribution in [0.5, 0.6) is 0 Å². The molecule has 5 rings (SSSR count). The second-order valence-corrected chi connectivity index (χ2v) is 10.0. The van der Waals surface area contributed by atoms with Gasteiger partial charge in [0.05, 0.1) is 24.6 Å². The Hall–Kier alpha value is -2.86. The standard InChI is InChI=1S/C25H27F5N4O3/c1-13-2-3-16(33-23(36)14-4-5-31-19(9-14)25(28,29)30)10-17(13)15-8-18-21(32-11-15)22(35)24(26,27)20-12-37-7-6-34(18)20/h4-5,8-9,11,13,16-17,20,22,35H,2-3,6-7,10,12H2,1H3,(H,33,36). The Kier molecular flexibility index (Phi) is 6.59. The van der Waals surface area contributed by atoms with Crippen LogP contribution in [0.25, 0.3) is 0 Å². The first kappa shape index (κ1) is 25.8. The molecule has 3 aliphatic rings. The van der Waals surface area contributed by atoms with E-state index < -0.39 is 35.8 Å². The summed E-state index contributed by atoms with van der Waals surface area (Å²) < 4.78 is 73.9. The normalized spacial score (nSPS) is 29.3. The molecule has 1 aliphatic carbocycles. The average Bonchev–Trinajstić information content (AvgIpc) is 2.88. The topological polar surface area (TPSA) is 87.6 Å². The number of hydrogen-bond donors (Lipinski definition) is 2. The smallest absolute Gasteiger partial charge is 0.380 e. The van der Waals surface area contributed by atoms with Crippen molar-refractivity contribution in [3.63, 3.8) is 0 Å². The fourth-order valence-electron chi connectivity index (χ4n) is 5.61. The Balaban J connectivity index is 1.36. The predicted octanol–water partition coefficient (Wildman–Crippen LogP) is 4.09. The van der Waals surface area contributed by atoms with Crippen molar-refractivity contribution in [3.8, 4) is 0 Å². The van der Waals surface area contributed by atoms with Gasteiger partial charge in [-0.1, -0.05) is 6.92 Å². The average molecular weight is 527 g/mol. The van der Waals surface area contributed by atoms with Crippen LogP contribution in [0, 0.1) is 5.92 Å². The third kappa shape index (κ3) is 4.76. The van der Waals surface area contributed by atoms with Gasteiger partial charge in [-0.25, -0.2) is 8.78 Å². The summed E-state index contributed by atoms with van der Waals surface area (Å²) >= 11 is 0. The maximum atomic E-state index is 14.8. The van der Waals surface area contributed by atoms with Gasteiger partial charge in [-0.05, 0) is 54.9 Å². The van der Waals surface area contributed by atoms with Crippen molar-refractivity contribution < 1.29 is 36.6 Å². The van der Waals surface area contributed by atoms with E-state index in [0.717, 1.165) is 24.2 Å². The third-order valence-electron chi connectivity index (χ3n) is 7.70. The van der Waals surface area contributed by atoms with Gasteiger partial charge in [0.15, 0.2) is 6.10 Å². The largest absolute Gasteiger partial charge is 0.433 e. The Morgan fingerprint density at radius 1 is 1.24 bits per heavy atom. The zero-order chi connectivity index (χ0) is 26.5. The summed E-state index contributed by atoms with van der Waals surface area (Å²) in [5.41, 5.74) is -0.0700. The van der Waals surface area contributed by atoms with E-state index in [0.29, 0.717) is 18.5 Å². The van der Waals surface area contributed by atoms with Gasteiger partial charge in [0.2, 0.25) is 0 Å². The van der Waals surface area contributed by atoms with Crippen LogP contribution in [0.3, 0.4) is 0 Å². The molecule has 2 N–H and O–H groups in total. The van der Waals surface area contributed by atoms with Gasteiger partial charge in [0, 0.05) is 30.5 Å². The Bertz CT molecular complexity index is 1180. The number of fused-ring (bicyclic) bond motifs is 3. The van der Waals surface area contributed by atoms with Crippen LogP contribution in [0.15, 0.2) is 30.6 Å². The number of carbonyl (C=O) groups is 1. The number of amides is 1. The Morgan fingerprint density at radius 3 is 2.78 bits per heavy atom. The first-order valence-electron chi connectivity index (χ1n) is 12.2. The summed E-state index contributed by atoms with van der Waals surface area (Å²) in [6.07, 6.45) is -2.33. The SMILES string of the molecule is CC1CCC(NC(=O)c2ccnc(C(F)(F)F)c2)CC1c1cnc2c(c1)N1CCOCC1C(F)(F)C2O. The van der Waals surface area contributed by atoms with Crippen LogP contribution in [0.2, 0.25) is 0 Å². The number of pyridine rings is 2. The summed E-state index contributed by atoms with van der Waals surface area (Å²) in [4.78, 5) is 21.8. The van der Waals surface area contributed by atoms with Crippen molar-refractivity contribution >= 4 is 11.6 Å². The molecule has 4 heterocycles. The molecular formula is C25H27F5N4O3. The molecular weight excluding hydrogens is 499 g/mol. The molecule has 37 heavy (non-hydrogen) atoms. The molecule has 5 unspecified atom stereocenters. The van der Waals surface area contributed by atoms with Crippen molar-refractivity contribution in [1.29, 1.82) is 0 Å². The highest BCUT2D eigenvalue weighted by molar-refractivity contribution is 5.94. The number of halogens is 5. The monoisotopic (exact) mass is 526 g/mol. The minimum Gasteiger partial charge on any atom is -0.380 e. The zero-order valence-corrected chi connectivity index (χ0v) is 20.0. The molecule has 2 fully saturated rings. The number of aromatic nitrogens is 2. The van der Waals surface area contributed by atoms with Gasteiger partial charge < -0.3 is 20.1 Å². The van der Waals surface area contributed by atoms with Crippen molar-refractivity contribution in [3.05, 3.63) is 53.1 Å². The van der Waals surface area contributed by atoms with E-state index in [2.05, 4.69) is 22.2 Å². The molecule has 0 radical (unpaired) electrons. The quantitative estimate of drug-likeness (QED) is 0.586. The molecule has 200 valence electrons. The predicted molar refractivity (Wildman–Crippen MR) is 122 cm³/mol. The number of morpholine rings is 1. The lowest BCUT2D eigenvalue weighted by Crippen LogP contribution is -2.60.